The summed E-state index contributed by atoms with van der Waals surface area (Å²) in [6, 6.07) is 0.554. The summed E-state index contributed by atoms with van der Waals surface area (Å²) in [5, 5.41) is 12.2. The molecule has 0 radical (unpaired) electrons. The van der Waals surface area contributed by atoms with E-state index in [1.165, 1.54) is 11.3 Å². The van der Waals surface area contributed by atoms with Crippen molar-refractivity contribution in [3.63, 3.8) is 0 Å². The molecule has 3 aromatic rings. The molecule has 10 nitrogen and oxygen atoms in total. The van der Waals surface area contributed by atoms with Gasteiger partial charge in [-0.25, -0.2) is 9.78 Å². The predicted octanol–water partition coefficient (Wildman–Crippen LogP) is 1.76. The summed E-state index contributed by atoms with van der Waals surface area (Å²) in [6.45, 7) is 4.76. The summed E-state index contributed by atoms with van der Waals surface area (Å²) in [5.41, 5.74) is 2.40. The molecular weight excluding hydrogens is 434 g/mol. The number of rotatable bonds is 1. The molecule has 0 saturated carbocycles. The van der Waals surface area contributed by atoms with Gasteiger partial charge in [-0.3, -0.25) is 20.2 Å². The maximum atomic E-state index is 13.2. The number of benzene rings is 1. The summed E-state index contributed by atoms with van der Waals surface area (Å²) in [6.07, 6.45) is 1.42. The predicted molar refractivity (Wildman–Crippen MR) is 114 cm³/mol. The number of thiazole rings is 1. The number of anilines is 1. The number of morpholine rings is 1. The number of urea groups is 1. The summed E-state index contributed by atoms with van der Waals surface area (Å²) >= 11 is 1.45. The van der Waals surface area contributed by atoms with Crippen LogP contribution in [-0.4, -0.2) is 53.3 Å². The maximum absolute atomic E-state index is 13.2. The van der Waals surface area contributed by atoms with Crippen molar-refractivity contribution in [1.82, 2.24) is 20.8 Å². The van der Waals surface area contributed by atoms with E-state index >= 15 is 0 Å². The van der Waals surface area contributed by atoms with Gasteiger partial charge in [-0.15, -0.1) is 11.3 Å². The lowest BCUT2D eigenvalue weighted by atomic mass is 9.66. The highest BCUT2D eigenvalue weighted by molar-refractivity contribution is 7.13. The minimum atomic E-state index is -1.50. The van der Waals surface area contributed by atoms with E-state index in [9.17, 15) is 14.4 Å². The Kier molecular flexibility index (Phi) is 3.99. The number of aromatic nitrogens is 2. The smallest absolute Gasteiger partial charge is 0.328 e. The molecule has 32 heavy (non-hydrogen) atoms. The zero-order valence-electron chi connectivity index (χ0n) is 17.3. The van der Waals surface area contributed by atoms with E-state index in [1.54, 1.807) is 6.20 Å². The largest absolute Gasteiger partial charge is 0.374 e. The first-order valence-electron chi connectivity index (χ1n) is 10.3. The molecule has 11 heteroatoms. The van der Waals surface area contributed by atoms with Gasteiger partial charge in [-0.05, 0) is 31.9 Å². The molecule has 2 atom stereocenters. The van der Waals surface area contributed by atoms with E-state index in [1.807, 2.05) is 25.3 Å². The molecule has 2 aromatic heterocycles. The van der Waals surface area contributed by atoms with E-state index in [-0.39, 0.29) is 6.42 Å². The van der Waals surface area contributed by atoms with Crippen molar-refractivity contribution in [2.24, 2.45) is 5.41 Å². The van der Waals surface area contributed by atoms with E-state index in [4.69, 9.17) is 9.26 Å². The number of ether oxygens (including phenoxy) is 1. The first kappa shape index (κ1) is 19.4. The molecular formula is C21H19N5O5S. The van der Waals surface area contributed by atoms with Crippen molar-refractivity contribution < 1.29 is 23.6 Å². The van der Waals surface area contributed by atoms with Crippen LogP contribution in [-0.2, 0) is 20.7 Å². The molecule has 1 aromatic carbocycles. The Balaban J connectivity index is 1.61. The molecule has 4 amide bonds. The van der Waals surface area contributed by atoms with Gasteiger partial charge in [0.25, 0.3) is 0 Å². The van der Waals surface area contributed by atoms with Crippen molar-refractivity contribution in [3.8, 4) is 10.7 Å². The van der Waals surface area contributed by atoms with E-state index in [0.29, 0.717) is 24.4 Å². The van der Waals surface area contributed by atoms with Crippen LogP contribution in [0.5, 0.6) is 0 Å². The van der Waals surface area contributed by atoms with Gasteiger partial charge in [0.05, 0.1) is 24.1 Å². The molecule has 0 unspecified atom stereocenters. The average Bonchev–Trinajstić information content (AvgIpc) is 3.41. The van der Waals surface area contributed by atoms with Gasteiger partial charge < -0.3 is 14.2 Å². The highest BCUT2D eigenvalue weighted by Crippen LogP contribution is 2.49. The Morgan fingerprint density at radius 1 is 1.25 bits per heavy atom. The number of hydrogen-bond donors (Lipinski definition) is 2. The average molecular weight is 453 g/mol. The summed E-state index contributed by atoms with van der Waals surface area (Å²) in [4.78, 5) is 44.7. The normalized spacial score (nSPS) is 24.3. The van der Waals surface area contributed by atoms with Crippen LogP contribution in [0.1, 0.15) is 18.1 Å². The van der Waals surface area contributed by atoms with Gasteiger partial charge in [0.15, 0.2) is 11.0 Å². The summed E-state index contributed by atoms with van der Waals surface area (Å²) in [5.74, 6) is -1.21. The molecule has 164 valence electrons. The Bertz CT molecular complexity index is 1280. The van der Waals surface area contributed by atoms with Crippen LogP contribution < -0.4 is 15.5 Å². The molecule has 2 fully saturated rings. The summed E-state index contributed by atoms with van der Waals surface area (Å²) < 4.78 is 11.6. The second-order valence-corrected chi connectivity index (χ2v) is 9.25. The van der Waals surface area contributed by atoms with Crippen LogP contribution in [0.4, 0.5) is 10.5 Å². The van der Waals surface area contributed by atoms with Gasteiger partial charge in [0.1, 0.15) is 10.7 Å². The van der Waals surface area contributed by atoms with Gasteiger partial charge in [-0.1, -0.05) is 5.16 Å². The van der Waals surface area contributed by atoms with E-state index in [0.717, 1.165) is 27.2 Å². The Morgan fingerprint density at radius 3 is 2.75 bits per heavy atom. The van der Waals surface area contributed by atoms with Crippen molar-refractivity contribution >= 4 is 45.8 Å². The van der Waals surface area contributed by atoms with Gasteiger partial charge in [-0.2, -0.15) is 0 Å². The number of hydrogen-bond acceptors (Lipinski definition) is 9. The van der Waals surface area contributed by atoms with Crippen LogP contribution in [0.2, 0.25) is 0 Å². The fraction of sp³-hybridized carbons (Fsp3) is 0.381. The minimum Gasteiger partial charge on any atom is -0.374 e. The lowest BCUT2D eigenvalue weighted by Crippen LogP contribution is -2.74. The van der Waals surface area contributed by atoms with Gasteiger partial charge in [0.2, 0.25) is 11.8 Å². The SMILES string of the molecule is Cc1c2c(cc3c(-c4nccs4)noc13)CC1(C(=O)NC(=O)NC1=O)[C@H]1[C@H](C)OCCN21. The van der Waals surface area contributed by atoms with Crippen molar-refractivity contribution in [2.45, 2.75) is 32.4 Å². The Morgan fingerprint density at radius 2 is 2.03 bits per heavy atom. The second-order valence-electron chi connectivity index (χ2n) is 8.35. The van der Waals surface area contributed by atoms with Crippen molar-refractivity contribution in [1.29, 1.82) is 0 Å². The Labute approximate surface area is 185 Å². The zero-order chi connectivity index (χ0) is 22.2. The highest BCUT2D eigenvalue weighted by atomic mass is 32.1. The number of aryl methyl sites for hydroxylation is 1. The fourth-order valence-electron chi connectivity index (χ4n) is 5.46. The molecule has 2 saturated heterocycles. The number of amides is 4. The third kappa shape index (κ3) is 2.40. The molecule has 3 aliphatic rings. The third-order valence-corrected chi connectivity index (χ3v) is 7.48. The number of nitrogens with zero attached hydrogens (tertiary/aromatic N) is 3. The number of imide groups is 2. The number of carbonyl (C=O) groups excluding carboxylic acids is 3. The minimum absolute atomic E-state index is 0.126. The number of carbonyl (C=O) groups is 3. The molecule has 0 aliphatic carbocycles. The van der Waals surface area contributed by atoms with Crippen LogP contribution >= 0.6 is 11.3 Å². The number of barbiturate groups is 1. The monoisotopic (exact) mass is 453 g/mol. The molecule has 3 aliphatic heterocycles. The quantitative estimate of drug-likeness (QED) is 0.534. The van der Waals surface area contributed by atoms with Crippen LogP contribution in [0.25, 0.3) is 21.7 Å². The molecule has 2 N–H and O–H groups in total. The Hall–Kier alpha value is -3.31. The molecule has 0 bridgehead atoms. The highest BCUT2D eigenvalue weighted by Gasteiger charge is 2.62. The molecule has 6 rings (SSSR count). The number of nitrogens with one attached hydrogen (secondary N) is 2. The third-order valence-electron chi connectivity index (χ3n) is 6.70. The summed E-state index contributed by atoms with van der Waals surface area (Å²) in [7, 11) is 0. The zero-order valence-corrected chi connectivity index (χ0v) is 18.1. The van der Waals surface area contributed by atoms with Crippen LogP contribution in [0.15, 0.2) is 22.2 Å². The van der Waals surface area contributed by atoms with Gasteiger partial charge >= 0.3 is 6.03 Å². The van der Waals surface area contributed by atoms with Gasteiger partial charge in [0, 0.05) is 29.4 Å². The lowest BCUT2D eigenvalue weighted by molar-refractivity contribution is -0.151. The maximum Gasteiger partial charge on any atom is 0.328 e. The second kappa shape index (κ2) is 6.59. The first-order valence-corrected chi connectivity index (χ1v) is 11.2. The van der Waals surface area contributed by atoms with E-state index in [2.05, 4.69) is 25.7 Å². The van der Waals surface area contributed by atoms with Crippen LogP contribution in [0.3, 0.4) is 0 Å². The molecule has 5 heterocycles. The lowest BCUT2D eigenvalue weighted by Gasteiger charge is -2.54. The topological polar surface area (TPSA) is 127 Å². The van der Waals surface area contributed by atoms with Crippen LogP contribution in [0, 0.1) is 12.3 Å². The van der Waals surface area contributed by atoms with Crippen molar-refractivity contribution in [3.05, 3.63) is 28.8 Å². The first-order chi connectivity index (χ1) is 15.4. The standard InChI is InChI=1S/C21H19N5O5S/c1-9-14-11(7-12-13(25-31-15(9)12)17-22-3-6-32-17)8-21(16-10(2)30-5-4-26(14)16)18(27)23-20(29)24-19(21)28/h3,6-7,10,16H,4-5,8H2,1-2H3,(H2,23,24,27,28,29)/t10-,16+/m0/s1. The molecule has 1 spiro atoms. The fourth-order valence-corrected chi connectivity index (χ4v) is 6.09. The van der Waals surface area contributed by atoms with E-state index < -0.39 is 35.4 Å². The number of fused-ring (bicyclic) bond motifs is 5. The van der Waals surface area contributed by atoms with Crippen molar-refractivity contribution in [2.75, 3.05) is 18.1 Å².